The van der Waals surface area contributed by atoms with E-state index in [4.69, 9.17) is 21.1 Å². The smallest absolute Gasteiger partial charge is 0.416 e. The Morgan fingerprint density at radius 2 is 1.97 bits per heavy atom. The number of hydrogen-bond acceptors (Lipinski definition) is 5. The molecule has 0 saturated carbocycles. The Balaban J connectivity index is 1.57. The molecule has 0 radical (unpaired) electrons. The van der Waals surface area contributed by atoms with Crippen LogP contribution in [0.2, 0.25) is 5.02 Å². The molecule has 10 heteroatoms. The van der Waals surface area contributed by atoms with E-state index in [1.54, 1.807) is 18.2 Å². The topological polar surface area (TPSA) is 64.6 Å². The van der Waals surface area contributed by atoms with Crippen molar-refractivity contribution in [1.29, 1.82) is 0 Å². The van der Waals surface area contributed by atoms with E-state index in [1.165, 1.54) is 0 Å². The molecule has 0 bridgehead atoms. The minimum absolute atomic E-state index is 0.0725. The number of thioether (sulfide) groups is 1. The van der Waals surface area contributed by atoms with Gasteiger partial charge in [-0.25, -0.2) is 0 Å². The molecular formula is C19H13ClF3NO4S. The molecule has 5 nitrogen and oxygen atoms in total. The number of carbonyl (C=O) groups is 2. The number of hydrogen-bond donors (Lipinski definition) is 1. The first-order valence-electron chi connectivity index (χ1n) is 8.55. The van der Waals surface area contributed by atoms with Gasteiger partial charge in [-0.15, -0.1) is 0 Å². The molecule has 2 amide bonds. The molecule has 0 aliphatic carbocycles. The second-order valence-electron chi connectivity index (χ2n) is 6.50. The average Bonchev–Trinajstić information content (AvgIpc) is 3.00. The molecule has 1 unspecified atom stereocenters. The summed E-state index contributed by atoms with van der Waals surface area (Å²) in [5.41, 5.74) is -0.0992. The fraction of sp³-hybridized carbons (Fsp3) is 0.263. The van der Waals surface area contributed by atoms with Crippen LogP contribution in [0.5, 0.6) is 17.2 Å². The maximum atomic E-state index is 12.8. The molecule has 1 N–H and O–H groups in total. The van der Waals surface area contributed by atoms with Gasteiger partial charge in [-0.05, 0) is 36.2 Å². The van der Waals surface area contributed by atoms with E-state index in [1.807, 2.05) is 0 Å². The number of amides is 2. The van der Waals surface area contributed by atoms with Crippen LogP contribution < -0.4 is 14.8 Å². The lowest BCUT2D eigenvalue weighted by atomic mass is 9.89. The maximum Gasteiger partial charge on any atom is 0.416 e. The Kier molecular flexibility index (Phi) is 5.12. The predicted octanol–water partition coefficient (Wildman–Crippen LogP) is 5.37. The predicted molar refractivity (Wildman–Crippen MR) is 101 cm³/mol. The molecule has 2 heterocycles. The number of nitrogens with one attached hydrogen (secondary N) is 1. The van der Waals surface area contributed by atoms with Gasteiger partial charge in [-0.2, -0.15) is 13.2 Å². The fourth-order valence-electron chi connectivity index (χ4n) is 3.30. The third-order valence-corrected chi connectivity index (χ3v) is 6.05. The number of ether oxygens (including phenoxy) is 2. The summed E-state index contributed by atoms with van der Waals surface area (Å²) in [6, 6.07) is 7.78. The first kappa shape index (κ1) is 19.9. The van der Waals surface area contributed by atoms with Crippen molar-refractivity contribution in [3.63, 3.8) is 0 Å². The van der Waals surface area contributed by atoms with Crippen LogP contribution in [-0.4, -0.2) is 23.0 Å². The van der Waals surface area contributed by atoms with Gasteiger partial charge in [0.1, 0.15) is 22.5 Å². The highest BCUT2D eigenvalue weighted by atomic mass is 35.5. The molecule has 2 aliphatic rings. The lowest BCUT2D eigenvalue weighted by Gasteiger charge is -2.28. The first-order valence-corrected chi connectivity index (χ1v) is 9.81. The van der Waals surface area contributed by atoms with Gasteiger partial charge in [-0.1, -0.05) is 29.4 Å². The molecule has 2 atom stereocenters. The van der Waals surface area contributed by atoms with Crippen LogP contribution in [0.4, 0.5) is 18.0 Å². The Hall–Kier alpha value is -2.39. The third kappa shape index (κ3) is 4.02. The van der Waals surface area contributed by atoms with E-state index in [-0.39, 0.29) is 27.8 Å². The summed E-state index contributed by atoms with van der Waals surface area (Å²) in [4.78, 5) is 23.5. The van der Waals surface area contributed by atoms with Gasteiger partial charge in [0, 0.05) is 12.0 Å². The summed E-state index contributed by atoms with van der Waals surface area (Å²) in [6.07, 6.45) is -3.92. The Morgan fingerprint density at radius 1 is 1.17 bits per heavy atom. The summed E-state index contributed by atoms with van der Waals surface area (Å²) >= 11 is 6.89. The van der Waals surface area contributed by atoms with Crippen LogP contribution in [0.3, 0.4) is 0 Å². The Labute approximate surface area is 172 Å². The molecule has 1 fully saturated rings. The highest BCUT2D eigenvalue weighted by Crippen LogP contribution is 2.44. The number of imide groups is 1. The zero-order valence-corrected chi connectivity index (χ0v) is 16.2. The Bertz CT molecular complexity index is 998. The van der Waals surface area contributed by atoms with Gasteiger partial charge >= 0.3 is 6.18 Å². The van der Waals surface area contributed by atoms with Gasteiger partial charge in [-0.3, -0.25) is 14.9 Å². The van der Waals surface area contributed by atoms with Crippen molar-refractivity contribution in [3.8, 4) is 17.2 Å². The van der Waals surface area contributed by atoms with E-state index in [0.717, 1.165) is 35.5 Å². The van der Waals surface area contributed by atoms with Gasteiger partial charge in [0.2, 0.25) is 5.91 Å². The first-order chi connectivity index (χ1) is 13.7. The van der Waals surface area contributed by atoms with Gasteiger partial charge in [0.25, 0.3) is 5.24 Å². The van der Waals surface area contributed by atoms with Crippen molar-refractivity contribution in [1.82, 2.24) is 5.32 Å². The molecule has 0 aromatic heterocycles. The normalized spacial score (nSPS) is 21.4. The quantitative estimate of drug-likeness (QED) is 0.691. The van der Waals surface area contributed by atoms with Crippen LogP contribution in [0.15, 0.2) is 36.4 Å². The zero-order valence-electron chi connectivity index (χ0n) is 14.6. The fourth-order valence-corrected chi connectivity index (χ4v) is 4.52. The van der Waals surface area contributed by atoms with Crippen molar-refractivity contribution in [3.05, 3.63) is 52.5 Å². The summed E-state index contributed by atoms with van der Waals surface area (Å²) in [6.45, 7) is 0.362. The number of halogens is 4. The van der Waals surface area contributed by atoms with Gasteiger partial charge < -0.3 is 9.47 Å². The summed E-state index contributed by atoms with van der Waals surface area (Å²) in [5, 5.41) is 1.22. The number of rotatable bonds is 3. The van der Waals surface area contributed by atoms with E-state index >= 15 is 0 Å². The molecule has 4 rings (SSSR count). The minimum atomic E-state index is -4.50. The highest BCUT2D eigenvalue weighted by Gasteiger charge is 2.41. The SMILES string of the molecule is O=C1NC(=O)C([C@@H]2CCOc3cc(Oc4ccc(C(F)(F)F)cc4Cl)ccc32)S1. The van der Waals surface area contributed by atoms with E-state index < -0.39 is 17.0 Å². The summed E-state index contributed by atoms with van der Waals surface area (Å²) in [5.74, 6) is 0.372. The number of fused-ring (bicyclic) bond motifs is 1. The zero-order chi connectivity index (χ0) is 20.8. The van der Waals surface area contributed by atoms with Crippen molar-refractivity contribution < 1.29 is 32.2 Å². The third-order valence-electron chi connectivity index (χ3n) is 4.64. The second kappa shape index (κ2) is 7.46. The number of alkyl halides is 3. The van der Waals surface area contributed by atoms with Crippen molar-refractivity contribution >= 4 is 34.5 Å². The molecule has 29 heavy (non-hydrogen) atoms. The summed E-state index contributed by atoms with van der Waals surface area (Å²) < 4.78 is 49.6. The molecule has 0 spiro atoms. The van der Waals surface area contributed by atoms with E-state index in [0.29, 0.717) is 24.5 Å². The largest absolute Gasteiger partial charge is 0.493 e. The minimum Gasteiger partial charge on any atom is -0.493 e. The van der Waals surface area contributed by atoms with E-state index in [9.17, 15) is 22.8 Å². The molecule has 152 valence electrons. The lowest BCUT2D eigenvalue weighted by molar-refractivity contribution is -0.137. The van der Waals surface area contributed by atoms with Crippen LogP contribution in [0, 0.1) is 0 Å². The van der Waals surface area contributed by atoms with Gasteiger partial charge in [0.05, 0.1) is 17.2 Å². The molecule has 1 saturated heterocycles. The van der Waals surface area contributed by atoms with Crippen molar-refractivity contribution in [2.24, 2.45) is 0 Å². The molecule has 2 aliphatic heterocycles. The summed E-state index contributed by atoms with van der Waals surface area (Å²) in [7, 11) is 0. The number of carbonyl (C=O) groups excluding carboxylic acids is 2. The van der Waals surface area contributed by atoms with Crippen molar-refractivity contribution in [2.75, 3.05) is 6.61 Å². The van der Waals surface area contributed by atoms with Crippen LogP contribution >= 0.6 is 23.4 Å². The number of benzene rings is 2. The van der Waals surface area contributed by atoms with Crippen LogP contribution in [0.1, 0.15) is 23.5 Å². The van der Waals surface area contributed by atoms with Crippen LogP contribution in [-0.2, 0) is 11.0 Å². The molecular weight excluding hydrogens is 431 g/mol. The van der Waals surface area contributed by atoms with Gasteiger partial charge in [0.15, 0.2) is 0 Å². The van der Waals surface area contributed by atoms with Crippen molar-refractivity contribution in [2.45, 2.75) is 23.8 Å². The second-order valence-corrected chi connectivity index (χ2v) is 8.03. The Morgan fingerprint density at radius 3 is 2.62 bits per heavy atom. The maximum absolute atomic E-state index is 12.8. The standard InChI is InChI=1S/C19H13ClF3NO4S/c20-13-7-9(19(21,22)23)1-4-14(13)28-10-2-3-11-12(5-6-27-15(11)8-10)16-17(25)24-18(26)29-16/h1-4,7-8,12,16H,5-6H2,(H,24,25,26)/t12-,16?/m1/s1. The lowest BCUT2D eigenvalue weighted by Crippen LogP contribution is -2.31. The van der Waals surface area contributed by atoms with Crippen LogP contribution in [0.25, 0.3) is 0 Å². The monoisotopic (exact) mass is 443 g/mol. The molecule has 2 aromatic rings. The highest BCUT2D eigenvalue weighted by molar-refractivity contribution is 8.15. The van der Waals surface area contributed by atoms with E-state index in [2.05, 4.69) is 5.32 Å². The average molecular weight is 444 g/mol. The molecule has 2 aromatic carbocycles.